The molecule has 0 aliphatic carbocycles. The summed E-state index contributed by atoms with van der Waals surface area (Å²) in [5.74, 6) is 1.09. The Morgan fingerprint density at radius 1 is 1.32 bits per heavy atom. The number of aryl methyl sites for hydroxylation is 1. The standard InChI is InChI=1S/C17H27NO/c1-17(2,3)12-15(18-4)7-5-13-6-8-16-14(11-13)9-10-19-16/h6,8,11,15,18H,5,7,9-10,12H2,1-4H3. The van der Waals surface area contributed by atoms with Crippen molar-refractivity contribution >= 4 is 0 Å². The molecule has 0 aromatic heterocycles. The van der Waals surface area contributed by atoms with Crippen molar-refractivity contribution in [1.82, 2.24) is 5.32 Å². The van der Waals surface area contributed by atoms with E-state index in [0.29, 0.717) is 11.5 Å². The van der Waals surface area contributed by atoms with Gasteiger partial charge in [0.1, 0.15) is 5.75 Å². The molecule has 2 nitrogen and oxygen atoms in total. The number of nitrogens with one attached hydrogen (secondary N) is 1. The Morgan fingerprint density at radius 3 is 2.79 bits per heavy atom. The van der Waals surface area contributed by atoms with E-state index in [1.54, 1.807) is 0 Å². The molecule has 106 valence electrons. The minimum absolute atomic E-state index is 0.388. The van der Waals surface area contributed by atoms with Crippen LogP contribution < -0.4 is 10.1 Å². The first-order valence-electron chi connectivity index (χ1n) is 7.40. The zero-order valence-corrected chi connectivity index (χ0v) is 12.8. The first-order valence-corrected chi connectivity index (χ1v) is 7.40. The van der Waals surface area contributed by atoms with Crippen LogP contribution in [0.5, 0.6) is 5.75 Å². The summed E-state index contributed by atoms with van der Waals surface area (Å²) in [6, 6.07) is 7.28. The molecule has 1 aliphatic rings. The van der Waals surface area contributed by atoms with E-state index >= 15 is 0 Å². The van der Waals surface area contributed by atoms with Crippen LogP contribution in [0, 0.1) is 5.41 Å². The lowest BCUT2D eigenvalue weighted by molar-refractivity contribution is 0.308. The molecule has 0 saturated carbocycles. The first kappa shape index (κ1) is 14.4. The van der Waals surface area contributed by atoms with Crippen molar-refractivity contribution in [2.45, 2.75) is 52.5 Å². The highest BCUT2D eigenvalue weighted by Gasteiger charge is 2.18. The highest BCUT2D eigenvalue weighted by Crippen LogP contribution is 2.27. The summed E-state index contributed by atoms with van der Waals surface area (Å²) in [5, 5.41) is 3.46. The van der Waals surface area contributed by atoms with Crippen molar-refractivity contribution in [1.29, 1.82) is 0 Å². The highest BCUT2D eigenvalue weighted by molar-refractivity contribution is 5.39. The Kier molecular flexibility index (Phi) is 4.51. The van der Waals surface area contributed by atoms with Gasteiger partial charge in [-0.25, -0.2) is 0 Å². The van der Waals surface area contributed by atoms with Gasteiger partial charge in [0.05, 0.1) is 6.61 Å². The molecule has 2 heteroatoms. The minimum Gasteiger partial charge on any atom is -0.493 e. The predicted molar refractivity (Wildman–Crippen MR) is 80.9 cm³/mol. The number of rotatable bonds is 5. The van der Waals surface area contributed by atoms with Gasteiger partial charge >= 0.3 is 0 Å². The van der Waals surface area contributed by atoms with Crippen LogP contribution >= 0.6 is 0 Å². The molecular weight excluding hydrogens is 234 g/mol. The number of benzene rings is 1. The van der Waals surface area contributed by atoms with Gasteiger partial charge in [-0.05, 0) is 48.9 Å². The quantitative estimate of drug-likeness (QED) is 0.874. The van der Waals surface area contributed by atoms with Gasteiger partial charge in [0, 0.05) is 12.5 Å². The Morgan fingerprint density at radius 2 is 2.11 bits per heavy atom. The van der Waals surface area contributed by atoms with Crippen molar-refractivity contribution in [2.75, 3.05) is 13.7 Å². The van der Waals surface area contributed by atoms with Crippen molar-refractivity contribution in [3.05, 3.63) is 29.3 Å². The fraction of sp³-hybridized carbons (Fsp3) is 0.647. The van der Waals surface area contributed by atoms with Gasteiger partial charge in [-0.15, -0.1) is 0 Å². The van der Waals surface area contributed by atoms with Crippen LogP contribution in [0.15, 0.2) is 18.2 Å². The minimum atomic E-state index is 0.388. The molecule has 2 rings (SSSR count). The van der Waals surface area contributed by atoms with Crippen LogP contribution in [0.3, 0.4) is 0 Å². The monoisotopic (exact) mass is 261 g/mol. The molecule has 0 spiro atoms. The van der Waals surface area contributed by atoms with Gasteiger partial charge in [-0.2, -0.15) is 0 Å². The zero-order valence-electron chi connectivity index (χ0n) is 12.8. The van der Waals surface area contributed by atoms with Gasteiger partial charge in [-0.1, -0.05) is 32.9 Å². The normalized spacial score (nSPS) is 16.0. The average molecular weight is 261 g/mol. The van der Waals surface area contributed by atoms with Crippen LogP contribution in [-0.2, 0) is 12.8 Å². The second-order valence-corrected chi connectivity index (χ2v) is 6.83. The van der Waals surface area contributed by atoms with E-state index in [1.165, 1.54) is 24.0 Å². The third kappa shape index (κ3) is 4.24. The van der Waals surface area contributed by atoms with E-state index in [2.05, 4.69) is 51.3 Å². The van der Waals surface area contributed by atoms with E-state index in [4.69, 9.17) is 4.74 Å². The third-order valence-electron chi connectivity index (χ3n) is 3.80. The summed E-state index contributed by atoms with van der Waals surface area (Å²) in [6.07, 6.45) is 4.64. The lowest BCUT2D eigenvalue weighted by Gasteiger charge is -2.25. The summed E-state index contributed by atoms with van der Waals surface area (Å²) in [4.78, 5) is 0. The first-order chi connectivity index (χ1) is 8.98. The second kappa shape index (κ2) is 5.96. The Labute approximate surface area is 117 Å². The van der Waals surface area contributed by atoms with Gasteiger partial charge in [0.15, 0.2) is 0 Å². The zero-order chi connectivity index (χ0) is 13.9. The van der Waals surface area contributed by atoms with Gasteiger partial charge in [0.2, 0.25) is 0 Å². The largest absolute Gasteiger partial charge is 0.493 e. The van der Waals surface area contributed by atoms with Crippen molar-refractivity contribution in [3.63, 3.8) is 0 Å². The molecule has 0 fully saturated rings. The molecule has 1 N–H and O–H groups in total. The molecule has 1 atom stereocenters. The maximum Gasteiger partial charge on any atom is 0.122 e. The van der Waals surface area contributed by atoms with Crippen LogP contribution in [0.1, 0.15) is 44.7 Å². The number of hydrogen-bond acceptors (Lipinski definition) is 2. The maximum atomic E-state index is 5.55. The molecule has 0 bridgehead atoms. The molecule has 0 saturated heterocycles. The van der Waals surface area contributed by atoms with Crippen LogP contribution in [-0.4, -0.2) is 19.7 Å². The molecule has 1 aliphatic heterocycles. The van der Waals surface area contributed by atoms with Gasteiger partial charge in [0.25, 0.3) is 0 Å². The number of hydrogen-bond donors (Lipinski definition) is 1. The van der Waals surface area contributed by atoms with E-state index in [9.17, 15) is 0 Å². The summed E-state index contributed by atoms with van der Waals surface area (Å²) in [7, 11) is 2.08. The fourth-order valence-electron chi connectivity index (χ4n) is 2.82. The molecule has 19 heavy (non-hydrogen) atoms. The maximum absolute atomic E-state index is 5.55. The third-order valence-corrected chi connectivity index (χ3v) is 3.80. The Hall–Kier alpha value is -1.02. The molecular formula is C17H27NO. The van der Waals surface area contributed by atoms with E-state index in [-0.39, 0.29) is 0 Å². The topological polar surface area (TPSA) is 21.3 Å². The number of ether oxygens (including phenoxy) is 1. The van der Waals surface area contributed by atoms with Crippen LogP contribution in [0.25, 0.3) is 0 Å². The second-order valence-electron chi connectivity index (χ2n) is 6.83. The predicted octanol–water partition coefficient (Wildman–Crippen LogP) is 3.58. The molecule has 1 aromatic carbocycles. The van der Waals surface area contributed by atoms with Crippen molar-refractivity contribution < 1.29 is 4.74 Å². The highest BCUT2D eigenvalue weighted by atomic mass is 16.5. The molecule has 1 aromatic rings. The van der Waals surface area contributed by atoms with E-state index in [1.807, 2.05) is 0 Å². The molecule has 1 heterocycles. The van der Waals surface area contributed by atoms with Crippen LogP contribution in [0.4, 0.5) is 0 Å². The van der Waals surface area contributed by atoms with Gasteiger partial charge in [-0.3, -0.25) is 0 Å². The van der Waals surface area contributed by atoms with Crippen molar-refractivity contribution in [2.24, 2.45) is 5.41 Å². The summed E-state index contributed by atoms with van der Waals surface area (Å²) < 4.78 is 5.55. The smallest absolute Gasteiger partial charge is 0.122 e. The summed E-state index contributed by atoms with van der Waals surface area (Å²) in [6.45, 7) is 7.78. The lowest BCUT2D eigenvalue weighted by atomic mass is 9.86. The van der Waals surface area contributed by atoms with Crippen molar-refractivity contribution in [3.8, 4) is 5.75 Å². The lowest BCUT2D eigenvalue weighted by Crippen LogP contribution is -2.30. The number of fused-ring (bicyclic) bond motifs is 1. The van der Waals surface area contributed by atoms with E-state index < -0.39 is 0 Å². The summed E-state index contributed by atoms with van der Waals surface area (Å²) >= 11 is 0. The average Bonchev–Trinajstić information content (AvgIpc) is 2.80. The molecule has 1 unspecified atom stereocenters. The summed E-state index contributed by atoms with van der Waals surface area (Å²) in [5.41, 5.74) is 3.21. The molecule has 0 amide bonds. The van der Waals surface area contributed by atoms with Gasteiger partial charge < -0.3 is 10.1 Å². The molecule has 0 radical (unpaired) electrons. The Bertz CT molecular complexity index is 420. The SMILES string of the molecule is CNC(CCc1ccc2c(c1)CCO2)CC(C)(C)C. The fourth-order valence-corrected chi connectivity index (χ4v) is 2.82. The van der Waals surface area contributed by atoms with Crippen LogP contribution in [0.2, 0.25) is 0 Å². The Balaban J connectivity index is 1.90. The van der Waals surface area contributed by atoms with E-state index in [0.717, 1.165) is 25.2 Å².